The smallest absolute Gasteiger partial charge is 0.274 e. The highest BCUT2D eigenvalue weighted by Gasteiger charge is 2.08. The molecule has 0 unspecified atom stereocenters. The third kappa shape index (κ3) is 2.63. The lowest BCUT2D eigenvalue weighted by Gasteiger charge is -2.07. The highest BCUT2D eigenvalue weighted by molar-refractivity contribution is 6.02. The molecule has 1 heterocycles. The van der Waals surface area contributed by atoms with Crippen molar-refractivity contribution in [3.63, 3.8) is 0 Å². The maximum absolute atomic E-state index is 12.7. The summed E-state index contributed by atoms with van der Waals surface area (Å²) in [5, 5.41) is 2.67. The van der Waals surface area contributed by atoms with Crippen molar-refractivity contribution in [2.75, 3.05) is 11.1 Å². The lowest BCUT2D eigenvalue weighted by Crippen LogP contribution is -2.13. The molecule has 2 aromatic rings. The van der Waals surface area contributed by atoms with Crippen LogP contribution in [0.25, 0.3) is 0 Å². The Balaban J connectivity index is 2.16. The van der Waals surface area contributed by atoms with E-state index in [1.807, 2.05) is 6.92 Å². The Bertz CT molecular complexity index is 581. The van der Waals surface area contributed by atoms with Crippen molar-refractivity contribution in [3.8, 4) is 0 Å². The fourth-order valence-corrected chi connectivity index (χ4v) is 1.46. The minimum atomic E-state index is -0.477. The molecule has 1 aromatic heterocycles. The van der Waals surface area contributed by atoms with Gasteiger partial charge < -0.3 is 11.1 Å². The van der Waals surface area contributed by atoms with E-state index in [2.05, 4.69) is 10.3 Å². The summed E-state index contributed by atoms with van der Waals surface area (Å²) in [5.74, 6) is -0.867. The highest BCUT2D eigenvalue weighted by Crippen LogP contribution is 2.17. The number of pyridine rings is 1. The number of aryl methyl sites for hydroxylation is 1. The topological polar surface area (TPSA) is 68.0 Å². The molecule has 0 spiro atoms. The lowest BCUT2D eigenvalue weighted by atomic mass is 10.2. The molecule has 0 atom stereocenters. The summed E-state index contributed by atoms with van der Waals surface area (Å²) < 4.78 is 12.7. The van der Waals surface area contributed by atoms with Crippen LogP contribution >= 0.6 is 0 Å². The predicted octanol–water partition coefficient (Wildman–Crippen LogP) is 2.36. The van der Waals surface area contributed by atoms with Gasteiger partial charge in [-0.15, -0.1) is 0 Å². The van der Waals surface area contributed by atoms with Crippen LogP contribution in [0.2, 0.25) is 0 Å². The van der Waals surface area contributed by atoms with Crippen LogP contribution in [0.3, 0.4) is 0 Å². The fourth-order valence-electron chi connectivity index (χ4n) is 1.46. The van der Waals surface area contributed by atoms with E-state index in [9.17, 15) is 9.18 Å². The molecule has 4 nitrogen and oxygen atoms in total. The van der Waals surface area contributed by atoms with Crippen LogP contribution in [0.4, 0.5) is 15.8 Å². The summed E-state index contributed by atoms with van der Waals surface area (Å²) in [6, 6.07) is 7.69. The Morgan fingerprint density at radius 2 is 2.11 bits per heavy atom. The maximum atomic E-state index is 12.7. The molecular formula is C13H12FN3O. The summed E-state index contributed by atoms with van der Waals surface area (Å²) in [7, 11) is 0. The SMILES string of the molecule is Cc1cc(NC(=O)c2ccc(F)cn2)ccc1N. The highest BCUT2D eigenvalue weighted by atomic mass is 19.1. The maximum Gasteiger partial charge on any atom is 0.274 e. The van der Waals surface area contributed by atoms with Crippen LogP contribution in [0.15, 0.2) is 36.5 Å². The van der Waals surface area contributed by atoms with Crippen LogP contribution < -0.4 is 11.1 Å². The van der Waals surface area contributed by atoms with Gasteiger partial charge in [0.1, 0.15) is 11.5 Å². The molecule has 0 saturated heterocycles. The third-order valence-corrected chi connectivity index (χ3v) is 2.49. The first-order valence-electron chi connectivity index (χ1n) is 5.35. The molecule has 1 aromatic carbocycles. The second kappa shape index (κ2) is 4.83. The van der Waals surface area contributed by atoms with Gasteiger partial charge in [-0.1, -0.05) is 0 Å². The van der Waals surface area contributed by atoms with Gasteiger partial charge in [-0.2, -0.15) is 0 Å². The number of nitrogens with one attached hydrogen (secondary N) is 1. The number of hydrogen-bond donors (Lipinski definition) is 2. The minimum absolute atomic E-state index is 0.158. The third-order valence-electron chi connectivity index (χ3n) is 2.49. The van der Waals surface area contributed by atoms with Gasteiger partial charge in [0, 0.05) is 11.4 Å². The Hall–Kier alpha value is -2.43. The van der Waals surface area contributed by atoms with Gasteiger partial charge in [0.2, 0.25) is 0 Å². The Kier molecular flexibility index (Phi) is 3.23. The van der Waals surface area contributed by atoms with Crippen molar-refractivity contribution in [2.24, 2.45) is 0 Å². The largest absolute Gasteiger partial charge is 0.399 e. The van der Waals surface area contributed by atoms with Crippen LogP contribution in [0, 0.1) is 12.7 Å². The Morgan fingerprint density at radius 3 is 2.72 bits per heavy atom. The fraction of sp³-hybridized carbons (Fsp3) is 0.0769. The number of hydrogen-bond acceptors (Lipinski definition) is 3. The van der Waals surface area contributed by atoms with Gasteiger partial charge in [0.05, 0.1) is 6.20 Å². The van der Waals surface area contributed by atoms with Crippen molar-refractivity contribution in [3.05, 3.63) is 53.6 Å². The number of rotatable bonds is 2. The molecule has 0 bridgehead atoms. The first-order valence-corrected chi connectivity index (χ1v) is 5.35. The second-order valence-electron chi connectivity index (χ2n) is 3.89. The number of amides is 1. The monoisotopic (exact) mass is 245 g/mol. The van der Waals surface area contributed by atoms with Crippen molar-refractivity contribution < 1.29 is 9.18 Å². The number of nitrogens with two attached hydrogens (primary N) is 1. The quantitative estimate of drug-likeness (QED) is 0.798. The molecular weight excluding hydrogens is 233 g/mol. The van der Waals surface area contributed by atoms with Gasteiger partial charge in [-0.3, -0.25) is 4.79 Å². The molecule has 0 aliphatic carbocycles. The molecule has 0 fully saturated rings. The number of halogens is 1. The van der Waals surface area contributed by atoms with E-state index < -0.39 is 5.82 Å². The summed E-state index contributed by atoms with van der Waals surface area (Å²) in [6.07, 6.45) is 1.00. The van der Waals surface area contributed by atoms with Crippen molar-refractivity contribution in [2.45, 2.75) is 6.92 Å². The number of carbonyl (C=O) groups excluding carboxylic acids is 1. The van der Waals surface area contributed by atoms with Crippen LogP contribution in [-0.4, -0.2) is 10.9 Å². The molecule has 5 heteroatoms. The predicted molar refractivity (Wildman–Crippen MR) is 67.7 cm³/mol. The molecule has 0 aliphatic heterocycles. The lowest BCUT2D eigenvalue weighted by molar-refractivity contribution is 0.102. The van der Waals surface area contributed by atoms with Crippen molar-refractivity contribution >= 4 is 17.3 Å². The summed E-state index contributed by atoms with van der Waals surface area (Å²) >= 11 is 0. The molecule has 1 amide bonds. The summed E-state index contributed by atoms with van der Waals surface area (Å²) in [6.45, 7) is 1.85. The number of nitrogen functional groups attached to an aromatic ring is 1. The Labute approximate surface area is 104 Å². The van der Waals surface area contributed by atoms with E-state index in [1.165, 1.54) is 12.1 Å². The Morgan fingerprint density at radius 1 is 1.33 bits per heavy atom. The second-order valence-corrected chi connectivity index (χ2v) is 3.89. The number of nitrogens with zero attached hydrogens (tertiary/aromatic N) is 1. The zero-order chi connectivity index (χ0) is 13.1. The number of aromatic nitrogens is 1. The van der Waals surface area contributed by atoms with Gasteiger partial charge in [0.15, 0.2) is 0 Å². The average molecular weight is 245 g/mol. The van der Waals surface area contributed by atoms with Crippen LogP contribution in [-0.2, 0) is 0 Å². The molecule has 2 rings (SSSR count). The van der Waals surface area contributed by atoms with Crippen molar-refractivity contribution in [1.29, 1.82) is 0 Å². The van der Waals surface area contributed by atoms with E-state index in [0.29, 0.717) is 11.4 Å². The van der Waals surface area contributed by atoms with E-state index >= 15 is 0 Å². The zero-order valence-corrected chi connectivity index (χ0v) is 9.77. The number of anilines is 2. The van der Waals surface area contributed by atoms with E-state index in [4.69, 9.17) is 5.73 Å². The van der Waals surface area contributed by atoms with Gasteiger partial charge in [0.25, 0.3) is 5.91 Å². The molecule has 3 N–H and O–H groups in total. The molecule has 0 saturated carbocycles. The first-order chi connectivity index (χ1) is 8.56. The normalized spacial score (nSPS) is 10.1. The zero-order valence-electron chi connectivity index (χ0n) is 9.77. The number of carbonyl (C=O) groups is 1. The number of benzene rings is 1. The molecule has 92 valence electrons. The van der Waals surface area contributed by atoms with Gasteiger partial charge in [-0.05, 0) is 42.8 Å². The van der Waals surface area contributed by atoms with E-state index in [1.54, 1.807) is 18.2 Å². The van der Waals surface area contributed by atoms with E-state index in [0.717, 1.165) is 11.8 Å². The summed E-state index contributed by atoms with van der Waals surface area (Å²) in [5.41, 5.74) is 8.00. The minimum Gasteiger partial charge on any atom is -0.399 e. The van der Waals surface area contributed by atoms with Crippen LogP contribution in [0.5, 0.6) is 0 Å². The molecule has 0 aliphatic rings. The van der Waals surface area contributed by atoms with Gasteiger partial charge >= 0.3 is 0 Å². The summed E-state index contributed by atoms with van der Waals surface area (Å²) in [4.78, 5) is 15.5. The molecule has 18 heavy (non-hydrogen) atoms. The van der Waals surface area contributed by atoms with Crippen LogP contribution in [0.1, 0.15) is 16.1 Å². The standard InChI is InChI=1S/C13H12FN3O/c1-8-6-10(3-4-11(8)15)17-13(18)12-5-2-9(14)7-16-12/h2-7H,15H2,1H3,(H,17,18). The van der Waals surface area contributed by atoms with Gasteiger partial charge in [-0.25, -0.2) is 9.37 Å². The van der Waals surface area contributed by atoms with E-state index in [-0.39, 0.29) is 11.6 Å². The molecule has 0 radical (unpaired) electrons. The van der Waals surface area contributed by atoms with Crippen molar-refractivity contribution in [1.82, 2.24) is 4.98 Å². The first kappa shape index (κ1) is 12.0. The average Bonchev–Trinajstić information content (AvgIpc) is 2.34.